The summed E-state index contributed by atoms with van der Waals surface area (Å²) in [6.07, 6.45) is 0.142. The molecule has 1 unspecified atom stereocenters. The Hall–Kier alpha value is -2.61. The Kier molecular flexibility index (Phi) is 5.86. The minimum atomic E-state index is -1.14. The number of imidazole rings is 1. The summed E-state index contributed by atoms with van der Waals surface area (Å²) in [4.78, 5) is 36.0. The van der Waals surface area contributed by atoms with Crippen LogP contribution in [0.15, 0.2) is 29.1 Å². The van der Waals surface area contributed by atoms with Crippen molar-refractivity contribution in [1.82, 2.24) is 14.5 Å². The summed E-state index contributed by atoms with van der Waals surface area (Å²) in [5.41, 5.74) is 0.615. The number of fused-ring (bicyclic) bond motifs is 1. The number of carboxylic acid groups (broad SMARTS) is 1. The molecule has 1 atom stereocenters. The Labute approximate surface area is 151 Å². The summed E-state index contributed by atoms with van der Waals surface area (Å²) in [5.74, 6) is -1.67. The van der Waals surface area contributed by atoms with Gasteiger partial charge in [-0.05, 0) is 32.9 Å². The molecule has 0 aliphatic rings. The van der Waals surface area contributed by atoms with Gasteiger partial charge in [0.1, 0.15) is 12.6 Å². The maximum absolute atomic E-state index is 12.3. The highest BCUT2D eigenvalue weighted by Crippen LogP contribution is 2.11. The van der Waals surface area contributed by atoms with Crippen LogP contribution in [0.4, 0.5) is 0 Å². The standard InChI is InChI=1S/C18H25N3O5/c1-18(2,3)26-10-9-12(16(23)24)19-15(22)11-21-14-8-6-5-7-13(14)20(4)17(21)25/h5-8,12H,9-11H2,1-4H3,(H,19,22)(H,23,24). The number of amides is 1. The number of hydrogen-bond donors (Lipinski definition) is 2. The van der Waals surface area contributed by atoms with E-state index in [-0.39, 0.29) is 30.9 Å². The molecule has 0 radical (unpaired) electrons. The molecule has 1 heterocycles. The lowest BCUT2D eigenvalue weighted by Crippen LogP contribution is -2.44. The molecule has 0 saturated carbocycles. The summed E-state index contributed by atoms with van der Waals surface area (Å²) < 4.78 is 8.30. The highest BCUT2D eigenvalue weighted by molar-refractivity contribution is 5.85. The molecule has 1 amide bonds. The Morgan fingerprint density at radius 1 is 1.23 bits per heavy atom. The number of aryl methyl sites for hydroxylation is 1. The Morgan fingerprint density at radius 2 is 1.85 bits per heavy atom. The second-order valence-electron chi connectivity index (χ2n) is 7.12. The third-order valence-corrected chi connectivity index (χ3v) is 3.93. The van der Waals surface area contributed by atoms with Crippen molar-refractivity contribution in [2.45, 2.75) is 45.4 Å². The average Bonchev–Trinajstić information content (AvgIpc) is 2.78. The summed E-state index contributed by atoms with van der Waals surface area (Å²) in [6.45, 7) is 5.57. The van der Waals surface area contributed by atoms with Gasteiger partial charge in [-0.2, -0.15) is 0 Å². The average molecular weight is 363 g/mol. The van der Waals surface area contributed by atoms with Crippen LogP contribution in [0.3, 0.4) is 0 Å². The van der Waals surface area contributed by atoms with Crippen LogP contribution in [0.2, 0.25) is 0 Å². The van der Waals surface area contributed by atoms with Gasteiger partial charge in [0.05, 0.1) is 16.6 Å². The summed E-state index contributed by atoms with van der Waals surface area (Å²) in [5, 5.41) is 11.8. The van der Waals surface area contributed by atoms with Gasteiger partial charge < -0.3 is 15.2 Å². The van der Waals surface area contributed by atoms with Crippen molar-refractivity contribution in [2.75, 3.05) is 6.61 Å². The molecule has 2 rings (SSSR count). The van der Waals surface area contributed by atoms with E-state index in [9.17, 15) is 19.5 Å². The summed E-state index contributed by atoms with van der Waals surface area (Å²) >= 11 is 0. The fourth-order valence-electron chi connectivity index (χ4n) is 2.64. The van der Waals surface area contributed by atoms with Gasteiger partial charge in [0, 0.05) is 20.1 Å². The van der Waals surface area contributed by atoms with Gasteiger partial charge in [-0.25, -0.2) is 9.59 Å². The van der Waals surface area contributed by atoms with Crippen molar-refractivity contribution in [3.05, 3.63) is 34.7 Å². The zero-order chi connectivity index (χ0) is 19.5. The monoisotopic (exact) mass is 363 g/mol. The molecule has 0 spiro atoms. The van der Waals surface area contributed by atoms with E-state index in [0.29, 0.717) is 11.0 Å². The number of aromatic nitrogens is 2. The van der Waals surface area contributed by atoms with Crippen molar-refractivity contribution >= 4 is 22.9 Å². The Morgan fingerprint density at radius 3 is 2.42 bits per heavy atom. The number of para-hydroxylation sites is 2. The number of ether oxygens (including phenoxy) is 1. The SMILES string of the molecule is Cn1c(=O)n(CC(=O)NC(CCOC(C)(C)C)C(=O)O)c2ccccc21. The first-order valence-electron chi connectivity index (χ1n) is 8.40. The van der Waals surface area contributed by atoms with Crippen molar-refractivity contribution < 1.29 is 19.4 Å². The van der Waals surface area contributed by atoms with Crippen molar-refractivity contribution in [3.63, 3.8) is 0 Å². The van der Waals surface area contributed by atoms with Crippen LogP contribution in [0, 0.1) is 0 Å². The third-order valence-electron chi connectivity index (χ3n) is 3.93. The van der Waals surface area contributed by atoms with E-state index in [2.05, 4.69) is 5.32 Å². The Bertz CT molecular complexity index is 860. The molecule has 0 fully saturated rings. The number of aliphatic carboxylic acids is 1. The largest absolute Gasteiger partial charge is 0.480 e. The van der Waals surface area contributed by atoms with Crippen LogP contribution >= 0.6 is 0 Å². The number of carbonyl (C=O) groups excluding carboxylic acids is 1. The fourth-order valence-corrected chi connectivity index (χ4v) is 2.64. The van der Waals surface area contributed by atoms with Crippen LogP contribution < -0.4 is 11.0 Å². The molecule has 8 nitrogen and oxygen atoms in total. The molecule has 0 aliphatic heterocycles. The predicted molar refractivity (Wildman–Crippen MR) is 97.1 cm³/mol. The normalized spacial score (nSPS) is 12.9. The van der Waals surface area contributed by atoms with Gasteiger partial charge in [-0.3, -0.25) is 13.9 Å². The maximum atomic E-state index is 12.3. The number of benzene rings is 1. The highest BCUT2D eigenvalue weighted by Gasteiger charge is 2.22. The minimum Gasteiger partial charge on any atom is -0.480 e. The van der Waals surface area contributed by atoms with Gasteiger partial charge >= 0.3 is 11.7 Å². The minimum absolute atomic E-state index is 0.142. The Balaban J connectivity index is 2.08. The lowest BCUT2D eigenvalue weighted by Gasteiger charge is -2.21. The number of hydrogen-bond acceptors (Lipinski definition) is 4. The van der Waals surface area contributed by atoms with E-state index in [1.807, 2.05) is 26.8 Å². The first-order valence-corrected chi connectivity index (χ1v) is 8.40. The molecule has 0 aliphatic carbocycles. The first-order chi connectivity index (χ1) is 12.1. The number of carboxylic acids is 1. The molecular formula is C18H25N3O5. The van der Waals surface area contributed by atoms with Crippen molar-refractivity contribution in [2.24, 2.45) is 7.05 Å². The number of nitrogens with one attached hydrogen (secondary N) is 1. The van der Waals surface area contributed by atoms with Gasteiger partial charge in [0.25, 0.3) is 0 Å². The number of nitrogens with zero attached hydrogens (tertiary/aromatic N) is 2. The van der Waals surface area contributed by atoms with Crippen LogP contribution in [0.25, 0.3) is 11.0 Å². The van der Waals surface area contributed by atoms with Gasteiger partial charge in [0.2, 0.25) is 5.91 Å². The van der Waals surface area contributed by atoms with E-state index >= 15 is 0 Å². The summed E-state index contributed by atoms with van der Waals surface area (Å²) in [7, 11) is 1.63. The molecule has 0 saturated heterocycles. The van der Waals surface area contributed by atoms with Gasteiger partial charge in [-0.15, -0.1) is 0 Å². The number of carbonyl (C=O) groups is 2. The second kappa shape index (κ2) is 7.74. The molecular weight excluding hydrogens is 338 g/mol. The molecule has 2 aromatic rings. The van der Waals surface area contributed by atoms with E-state index < -0.39 is 17.9 Å². The smallest absolute Gasteiger partial charge is 0.329 e. The molecule has 8 heteroatoms. The lowest BCUT2D eigenvalue weighted by molar-refractivity contribution is -0.142. The van der Waals surface area contributed by atoms with Crippen LogP contribution in [0.1, 0.15) is 27.2 Å². The zero-order valence-corrected chi connectivity index (χ0v) is 15.5. The van der Waals surface area contributed by atoms with Crippen LogP contribution in [0.5, 0.6) is 0 Å². The maximum Gasteiger partial charge on any atom is 0.329 e. The number of rotatable bonds is 7. The van der Waals surface area contributed by atoms with Crippen molar-refractivity contribution in [3.8, 4) is 0 Å². The first kappa shape index (κ1) is 19.7. The van der Waals surface area contributed by atoms with Gasteiger partial charge in [0.15, 0.2) is 0 Å². The molecule has 1 aromatic carbocycles. The van der Waals surface area contributed by atoms with E-state index in [4.69, 9.17) is 4.74 Å². The van der Waals surface area contributed by atoms with E-state index in [1.54, 1.807) is 25.2 Å². The fraction of sp³-hybridized carbons (Fsp3) is 0.500. The predicted octanol–water partition coefficient (Wildman–Crippen LogP) is 1.11. The quantitative estimate of drug-likeness (QED) is 0.767. The molecule has 26 heavy (non-hydrogen) atoms. The van der Waals surface area contributed by atoms with Crippen LogP contribution in [-0.4, -0.2) is 44.4 Å². The molecule has 2 N–H and O–H groups in total. The van der Waals surface area contributed by atoms with E-state index in [1.165, 1.54) is 9.13 Å². The second-order valence-corrected chi connectivity index (χ2v) is 7.12. The van der Waals surface area contributed by atoms with Gasteiger partial charge in [-0.1, -0.05) is 12.1 Å². The lowest BCUT2D eigenvalue weighted by atomic mass is 10.1. The summed E-state index contributed by atoms with van der Waals surface area (Å²) in [6, 6.07) is 6.04. The zero-order valence-electron chi connectivity index (χ0n) is 15.5. The van der Waals surface area contributed by atoms with Crippen molar-refractivity contribution in [1.29, 1.82) is 0 Å². The molecule has 1 aromatic heterocycles. The van der Waals surface area contributed by atoms with Crippen LogP contribution in [-0.2, 0) is 27.9 Å². The molecule has 142 valence electrons. The van der Waals surface area contributed by atoms with E-state index in [0.717, 1.165) is 0 Å². The third kappa shape index (κ3) is 4.72. The molecule has 0 bridgehead atoms. The highest BCUT2D eigenvalue weighted by atomic mass is 16.5. The topological polar surface area (TPSA) is 103 Å².